The number of nitrogens with one attached hydrogen (secondary N) is 2. The lowest BCUT2D eigenvalue weighted by atomic mass is 10.1. The van der Waals surface area contributed by atoms with Gasteiger partial charge in [-0.25, -0.2) is 4.68 Å². The molecule has 0 aliphatic carbocycles. The summed E-state index contributed by atoms with van der Waals surface area (Å²) in [6.45, 7) is 9.43. The van der Waals surface area contributed by atoms with Crippen molar-refractivity contribution >= 4 is 47.7 Å². The molecule has 1 aromatic heterocycles. The summed E-state index contributed by atoms with van der Waals surface area (Å²) in [4.78, 5) is 15.6. The molecule has 30 heavy (non-hydrogen) atoms. The van der Waals surface area contributed by atoms with Crippen LogP contribution in [0.4, 0.5) is 11.4 Å². The Kier molecular flexibility index (Phi) is 7.07. The molecule has 0 bridgehead atoms. The van der Waals surface area contributed by atoms with Crippen molar-refractivity contribution in [1.82, 2.24) is 20.2 Å². The molecule has 0 aliphatic rings. The number of amides is 1. The normalized spacial score (nSPS) is 10.6. The summed E-state index contributed by atoms with van der Waals surface area (Å²) in [6.07, 6.45) is 0.355. The van der Waals surface area contributed by atoms with E-state index < -0.39 is 0 Å². The Morgan fingerprint density at radius 2 is 2.13 bits per heavy atom. The Bertz CT molecular complexity index is 1120. The fourth-order valence-electron chi connectivity index (χ4n) is 3.08. The van der Waals surface area contributed by atoms with Gasteiger partial charge in [-0.1, -0.05) is 23.0 Å². The molecule has 3 rings (SSSR count). The molecule has 1 amide bonds. The molecule has 0 saturated carbocycles. The van der Waals surface area contributed by atoms with Crippen molar-refractivity contribution in [3.05, 3.63) is 59.4 Å². The SMILES string of the molecule is C=C(C)c1cc(N(CC)CCC(=O)Nc2cccc(-n3[nH]nnc3=S)c2)ccc1S. The molecule has 0 spiro atoms. The van der Waals surface area contributed by atoms with Crippen LogP contribution in [0.15, 0.2) is 53.9 Å². The van der Waals surface area contributed by atoms with Gasteiger partial charge in [-0.15, -0.1) is 12.6 Å². The number of hydrogen-bond acceptors (Lipinski definition) is 6. The topological polar surface area (TPSA) is 78.8 Å². The van der Waals surface area contributed by atoms with Crippen molar-refractivity contribution in [3.8, 4) is 5.69 Å². The predicted molar refractivity (Wildman–Crippen MR) is 126 cm³/mol. The van der Waals surface area contributed by atoms with E-state index in [2.05, 4.69) is 57.9 Å². The van der Waals surface area contributed by atoms with Gasteiger partial charge in [-0.05, 0) is 73.6 Å². The highest BCUT2D eigenvalue weighted by atomic mass is 32.1. The predicted octanol–water partition coefficient (Wildman–Crippen LogP) is 4.50. The molecule has 2 N–H and O–H groups in total. The fraction of sp³-hybridized carbons (Fsp3) is 0.238. The van der Waals surface area contributed by atoms with E-state index in [4.69, 9.17) is 12.2 Å². The van der Waals surface area contributed by atoms with Crippen molar-refractivity contribution < 1.29 is 4.79 Å². The third-order valence-corrected chi connectivity index (χ3v) is 5.31. The lowest BCUT2D eigenvalue weighted by Gasteiger charge is -2.24. The summed E-state index contributed by atoms with van der Waals surface area (Å²) in [5, 5.41) is 13.1. The zero-order valence-electron chi connectivity index (χ0n) is 16.9. The first kappa shape index (κ1) is 21.8. The summed E-state index contributed by atoms with van der Waals surface area (Å²) >= 11 is 9.61. The van der Waals surface area contributed by atoms with Crippen molar-refractivity contribution in [2.45, 2.75) is 25.2 Å². The van der Waals surface area contributed by atoms with E-state index in [1.807, 2.05) is 43.3 Å². The first-order chi connectivity index (χ1) is 14.4. The largest absolute Gasteiger partial charge is 0.371 e. The Morgan fingerprint density at radius 1 is 1.33 bits per heavy atom. The van der Waals surface area contributed by atoms with E-state index in [0.717, 1.165) is 34.0 Å². The molecule has 156 valence electrons. The van der Waals surface area contributed by atoms with Gasteiger partial charge in [0.2, 0.25) is 10.7 Å². The molecule has 3 aromatic rings. The van der Waals surface area contributed by atoms with Crippen LogP contribution in [0.2, 0.25) is 0 Å². The maximum atomic E-state index is 12.5. The van der Waals surface area contributed by atoms with Gasteiger partial charge in [0.1, 0.15) is 0 Å². The van der Waals surface area contributed by atoms with Gasteiger partial charge in [0, 0.05) is 35.8 Å². The second-order valence-corrected chi connectivity index (χ2v) is 7.67. The molecule has 7 nitrogen and oxygen atoms in total. The number of allylic oxidation sites excluding steroid dienone is 1. The number of benzene rings is 2. The first-order valence-corrected chi connectivity index (χ1v) is 10.4. The minimum atomic E-state index is -0.0668. The number of rotatable bonds is 8. The fourth-order valence-corrected chi connectivity index (χ4v) is 3.60. The lowest BCUT2D eigenvalue weighted by Crippen LogP contribution is -2.27. The monoisotopic (exact) mass is 440 g/mol. The van der Waals surface area contributed by atoms with Crippen LogP contribution < -0.4 is 10.2 Å². The number of thiol groups is 1. The number of aromatic nitrogens is 4. The number of hydrogen-bond donors (Lipinski definition) is 3. The van der Waals surface area contributed by atoms with E-state index in [-0.39, 0.29) is 5.91 Å². The number of carbonyl (C=O) groups is 1. The van der Waals surface area contributed by atoms with Crippen molar-refractivity contribution in [3.63, 3.8) is 0 Å². The molecular formula is C21H24N6OS2. The van der Waals surface area contributed by atoms with Gasteiger partial charge < -0.3 is 10.2 Å². The number of nitrogens with zero attached hydrogens (tertiary/aromatic N) is 4. The van der Waals surface area contributed by atoms with E-state index >= 15 is 0 Å². The molecule has 0 radical (unpaired) electrons. The van der Waals surface area contributed by atoms with Crippen LogP contribution in [0.5, 0.6) is 0 Å². The standard InChI is InChI=1S/C21H24N6OS2/c1-4-26(16-8-9-19(29)18(13-16)14(2)3)11-10-20(28)22-15-6-5-7-17(12-15)27-21(30)23-24-25-27/h5-9,12-13,29H,2,4,10-11H2,1,3H3,(H,22,28)(H,23,25,30). The Hall–Kier alpha value is -2.91. The third kappa shape index (κ3) is 5.17. The van der Waals surface area contributed by atoms with E-state index in [1.165, 1.54) is 0 Å². The van der Waals surface area contributed by atoms with E-state index in [9.17, 15) is 4.79 Å². The number of H-pyrrole nitrogens is 1. The van der Waals surface area contributed by atoms with Crippen LogP contribution in [0, 0.1) is 4.77 Å². The smallest absolute Gasteiger partial charge is 0.242 e. The molecule has 0 fully saturated rings. The molecule has 1 heterocycles. The van der Waals surface area contributed by atoms with Gasteiger partial charge in [0.05, 0.1) is 5.69 Å². The second-order valence-electron chi connectivity index (χ2n) is 6.83. The highest BCUT2D eigenvalue weighted by Crippen LogP contribution is 2.27. The van der Waals surface area contributed by atoms with Crippen LogP contribution in [-0.2, 0) is 4.79 Å². The number of aromatic amines is 1. The van der Waals surface area contributed by atoms with Crippen LogP contribution >= 0.6 is 24.8 Å². The summed E-state index contributed by atoms with van der Waals surface area (Å²) < 4.78 is 1.88. The molecule has 2 aromatic carbocycles. The molecule has 0 saturated heterocycles. The molecule has 0 aliphatic heterocycles. The maximum Gasteiger partial charge on any atom is 0.242 e. The second kappa shape index (κ2) is 9.73. The van der Waals surface area contributed by atoms with E-state index in [1.54, 1.807) is 4.68 Å². The van der Waals surface area contributed by atoms with Gasteiger partial charge in [-0.3, -0.25) is 4.79 Å². The summed E-state index contributed by atoms with van der Waals surface area (Å²) in [7, 11) is 0. The van der Waals surface area contributed by atoms with Gasteiger partial charge in [0.25, 0.3) is 0 Å². The zero-order chi connectivity index (χ0) is 21.7. The van der Waals surface area contributed by atoms with Crippen molar-refractivity contribution in [2.24, 2.45) is 0 Å². The Balaban J connectivity index is 1.65. The lowest BCUT2D eigenvalue weighted by molar-refractivity contribution is -0.116. The molecule has 9 heteroatoms. The third-order valence-electron chi connectivity index (χ3n) is 4.66. The average Bonchev–Trinajstić information content (AvgIpc) is 3.15. The number of tetrazole rings is 1. The highest BCUT2D eigenvalue weighted by molar-refractivity contribution is 7.80. The zero-order valence-corrected chi connectivity index (χ0v) is 18.6. The molecule has 0 unspecified atom stereocenters. The van der Waals surface area contributed by atoms with Crippen molar-refractivity contribution in [1.29, 1.82) is 0 Å². The molecular weight excluding hydrogens is 416 g/mol. The quantitative estimate of drug-likeness (QED) is 0.355. The first-order valence-electron chi connectivity index (χ1n) is 9.53. The Labute approximate surface area is 186 Å². The van der Waals surface area contributed by atoms with E-state index in [0.29, 0.717) is 23.4 Å². The minimum Gasteiger partial charge on any atom is -0.371 e. The summed E-state index contributed by atoms with van der Waals surface area (Å²) in [6, 6.07) is 13.4. The average molecular weight is 441 g/mol. The number of anilines is 2. The van der Waals surface area contributed by atoms with Gasteiger partial charge >= 0.3 is 0 Å². The van der Waals surface area contributed by atoms with Crippen LogP contribution in [0.25, 0.3) is 11.3 Å². The van der Waals surface area contributed by atoms with Crippen LogP contribution in [0.1, 0.15) is 25.8 Å². The summed E-state index contributed by atoms with van der Waals surface area (Å²) in [5.41, 5.74) is 4.45. The number of carbonyl (C=O) groups excluding carboxylic acids is 1. The maximum absolute atomic E-state index is 12.5. The van der Waals surface area contributed by atoms with Crippen molar-refractivity contribution in [2.75, 3.05) is 23.3 Å². The highest BCUT2D eigenvalue weighted by Gasteiger charge is 2.11. The van der Waals surface area contributed by atoms with Crippen LogP contribution in [0.3, 0.4) is 0 Å². The summed E-state index contributed by atoms with van der Waals surface area (Å²) in [5.74, 6) is -0.0668. The van der Waals surface area contributed by atoms with Gasteiger partial charge in [0.15, 0.2) is 0 Å². The van der Waals surface area contributed by atoms with Crippen LogP contribution in [-0.4, -0.2) is 39.2 Å². The minimum absolute atomic E-state index is 0.0668. The Morgan fingerprint density at radius 3 is 2.80 bits per heavy atom. The van der Waals surface area contributed by atoms with Gasteiger partial charge in [-0.2, -0.15) is 5.21 Å². The molecule has 0 atom stereocenters.